The molecule has 2 unspecified atom stereocenters. The average Bonchev–Trinajstić information content (AvgIpc) is 2.38. The minimum atomic E-state index is -0.524. The van der Waals surface area contributed by atoms with Gasteiger partial charge in [0, 0.05) is 17.2 Å². The quantitative estimate of drug-likeness (QED) is 0.901. The highest BCUT2D eigenvalue weighted by atomic mass is 19.1. The van der Waals surface area contributed by atoms with Crippen LogP contribution >= 0.6 is 0 Å². The van der Waals surface area contributed by atoms with Gasteiger partial charge in [-0.05, 0) is 30.7 Å². The molecule has 1 aliphatic carbocycles. The third-order valence-electron chi connectivity index (χ3n) is 4.48. The van der Waals surface area contributed by atoms with Gasteiger partial charge in [0.15, 0.2) is 0 Å². The fourth-order valence-corrected chi connectivity index (χ4v) is 3.19. The molecule has 106 valence electrons. The standard InChI is InChI=1S/C16H24FNO/c1-11(2)12-5-4-8-16(18,10-12)14-7-6-13(19-3)9-15(14)17/h6-7,9,11-12H,4-5,8,10,18H2,1-3H3. The summed E-state index contributed by atoms with van der Waals surface area (Å²) in [6, 6.07) is 5.02. The van der Waals surface area contributed by atoms with Gasteiger partial charge in [-0.3, -0.25) is 0 Å². The predicted molar refractivity (Wildman–Crippen MR) is 75.6 cm³/mol. The molecule has 0 aromatic heterocycles. The lowest BCUT2D eigenvalue weighted by Crippen LogP contribution is -2.43. The first-order chi connectivity index (χ1) is 8.96. The summed E-state index contributed by atoms with van der Waals surface area (Å²) in [5.41, 5.74) is 6.63. The second kappa shape index (κ2) is 5.49. The lowest BCUT2D eigenvalue weighted by molar-refractivity contribution is 0.180. The van der Waals surface area contributed by atoms with Crippen molar-refractivity contribution in [3.8, 4) is 5.75 Å². The molecule has 1 saturated carbocycles. The van der Waals surface area contributed by atoms with Crippen LogP contribution in [0.1, 0.15) is 45.1 Å². The first-order valence-corrected chi connectivity index (χ1v) is 7.09. The highest BCUT2D eigenvalue weighted by molar-refractivity contribution is 5.33. The summed E-state index contributed by atoms with van der Waals surface area (Å²) >= 11 is 0. The monoisotopic (exact) mass is 265 g/mol. The van der Waals surface area contributed by atoms with Crippen molar-refractivity contribution < 1.29 is 9.13 Å². The number of halogens is 1. The van der Waals surface area contributed by atoms with Crippen LogP contribution in [-0.2, 0) is 5.54 Å². The van der Waals surface area contributed by atoms with Gasteiger partial charge in [0.25, 0.3) is 0 Å². The van der Waals surface area contributed by atoms with Crippen LogP contribution in [0.5, 0.6) is 5.75 Å². The zero-order valence-electron chi connectivity index (χ0n) is 12.1. The molecule has 2 nitrogen and oxygen atoms in total. The molecule has 3 heteroatoms. The predicted octanol–water partition coefficient (Wildman–Crippen LogP) is 3.83. The normalized spacial score (nSPS) is 27.6. The minimum absolute atomic E-state index is 0.244. The summed E-state index contributed by atoms with van der Waals surface area (Å²) in [5.74, 6) is 1.48. The molecule has 0 spiro atoms. The summed E-state index contributed by atoms with van der Waals surface area (Å²) in [6.45, 7) is 4.45. The number of ether oxygens (including phenoxy) is 1. The van der Waals surface area contributed by atoms with Gasteiger partial charge < -0.3 is 10.5 Å². The fraction of sp³-hybridized carbons (Fsp3) is 0.625. The van der Waals surface area contributed by atoms with E-state index in [0.29, 0.717) is 23.1 Å². The molecule has 1 aromatic carbocycles. The van der Waals surface area contributed by atoms with Crippen LogP contribution in [0.25, 0.3) is 0 Å². The zero-order chi connectivity index (χ0) is 14.0. The molecule has 2 rings (SSSR count). The molecular formula is C16H24FNO. The van der Waals surface area contributed by atoms with Crippen LogP contribution in [0.2, 0.25) is 0 Å². The van der Waals surface area contributed by atoms with Crippen molar-refractivity contribution in [1.29, 1.82) is 0 Å². The first-order valence-electron chi connectivity index (χ1n) is 7.09. The molecule has 1 aliphatic rings. The maximum absolute atomic E-state index is 14.2. The van der Waals surface area contributed by atoms with E-state index >= 15 is 0 Å². The van der Waals surface area contributed by atoms with Crippen molar-refractivity contribution >= 4 is 0 Å². The number of methoxy groups -OCH3 is 1. The minimum Gasteiger partial charge on any atom is -0.497 e. The maximum atomic E-state index is 14.2. The molecule has 0 saturated heterocycles. The average molecular weight is 265 g/mol. The zero-order valence-corrected chi connectivity index (χ0v) is 12.1. The Morgan fingerprint density at radius 1 is 1.42 bits per heavy atom. The van der Waals surface area contributed by atoms with E-state index in [1.807, 2.05) is 0 Å². The number of hydrogen-bond acceptors (Lipinski definition) is 2. The Morgan fingerprint density at radius 2 is 2.16 bits per heavy atom. The molecule has 0 bridgehead atoms. The van der Waals surface area contributed by atoms with Crippen molar-refractivity contribution in [2.75, 3.05) is 7.11 Å². The Balaban J connectivity index is 2.28. The largest absolute Gasteiger partial charge is 0.497 e. The van der Waals surface area contributed by atoms with E-state index in [2.05, 4.69) is 13.8 Å². The van der Waals surface area contributed by atoms with E-state index in [1.54, 1.807) is 19.2 Å². The van der Waals surface area contributed by atoms with Crippen LogP contribution in [0.15, 0.2) is 18.2 Å². The number of rotatable bonds is 3. The highest BCUT2D eigenvalue weighted by Crippen LogP contribution is 2.42. The molecule has 2 atom stereocenters. The SMILES string of the molecule is COc1ccc(C2(N)CCCC(C(C)C)C2)c(F)c1. The second-order valence-corrected chi connectivity index (χ2v) is 6.10. The Hall–Kier alpha value is -1.09. The molecule has 2 N–H and O–H groups in total. The summed E-state index contributed by atoms with van der Waals surface area (Å²) in [4.78, 5) is 0. The van der Waals surface area contributed by atoms with E-state index in [-0.39, 0.29) is 5.82 Å². The molecule has 1 aromatic rings. The van der Waals surface area contributed by atoms with Crippen LogP contribution in [-0.4, -0.2) is 7.11 Å². The molecule has 0 radical (unpaired) electrons. The van der Waals surface area contributed by atoms with Gasteiger partial charge in [-0.25, -0.2) is 4.39 Å². The Bertz CT molecular complexity index is 446. The molecule has 0 heterocycles. The number of benzene rings is 1. The Labute approximate surface area is 115 Å². The lowest BCUT2D eigenvalue weighted by Gasteiger charge is -2.40. The van der Waals surface area contributed by atoms with Gasteiger partial charge in [0.1, 0.15) is 11.6 Å². The smallest absolute Gasteiger partial charge is 0.131 e. The molecule has 19 heavy (non-hydrogen) atoms. The van der Waals surface area contributed by atoms with Crippen molar-refractivity contribution in [1.82, 2.24) is 0 Å². The Kier molecular flexibility index (Phi) is 4.14. The third-order valence-corrected chi connectivity index (χ3v) is 4.48. The maximum Gasteiger partial charge on any atom is 0.131 e. The van der Waals surface area contributed by atoms with Gasteiger partial charge in [-0.15, -0.1) is 0 Å². The first kappa shape index (κ1) is 14.3. The summed E-state index contributed by atoms with van der Waals surface area (Å²) in [6.07, 6.45) is 4.01. The fourth-order valence-electron chi connectivity index (χ4n) is 3.19. The van der Waals surface area contributed by atoms with E-state index < -0.39 is 5.54 Å². The second-order valence-electron chi connectivity index (χ2n) is 6.10. The van der Waals surface area contributed by atoms with E-state index in [1.165, 1.54) is 12.5 Å². The van der Waals surface area contributed by atoms with Gasteiger partial charge >= 0.3 is 0 Å². The van der Waals surface area contributed by atoms with Gasteiger partial charge in [-0.2, -0.15) is 0 Å². The lowest BCUT2D eigenvalue weighted by atomic mass is 9.69. The van der Waals surface area contributed by atoms with Crippen molar-refractivity contribution in [3.05, 3.63) is 29.6 Å². The number of nitrogens with two attached hydrogens (primary N) is 1. The topological polar surface area (TPSA) is 35.2 Å². The van der Waals surface area contributed by atoms with Crippen LogP contribution in [0.4, 0.5) is 4.39 Å². The van der Waals surface area contributed by atoms with Gasteiger partial charge in [-0.1, -0.05) is 32.8 Å². The van der Waals surface area contributed by atoms with E-state index in [0.717, 1.165) is 19.3 Å². The summed E-state index contributed by atoms with van der Waals surface area (Å²) in [7, 11) is 1.54. The van der Waals surface area contributed by atoms with Crippen molar-refractivity contribution in [3.63, 3.8) is 0 Å². The highest BCUT2D eigenvalue weighted by Gasteiger charge is 2.37. The summed E-state index contributed by atoms with van der Waals surface area (Å²) in [5, 5.41) is 0. The van der Waals surface area contributed by atoms with Gasteiger partial charge in [0.2, 0.25) is 0 Å². The molecule has 0 aliphatic heterocycles. The van der Waals surface area contributed by atoms with Gasteiger partial charge in [0.05, 0.1) is 7.11 Å². The van der Waals surface area contributed by atoms with Crippen LogP contribution in [0, 0.1) is 17.7 Å². The van der Waals surface area contributed by atoms with Crippen LogP contribution in [0.3, 0.4) is 0 Å². The van der Waals surface area contributed by atoms with E-state index in [9.17, 15) is 4.39 Å². The molecular weight excluding hydrogens is 241 g/mol. The molecule has 1 fully saturated rings. The van der Waals surface area contributed by atoms with Crippen molar-refractivity contribution in [2.45, 2.75) is 45.1 Å². The van der Waals surface area contributed by atoms with Crippen molar-refractivity contribution in [2.24, 2.45) is 17.6 Å². The molecule has 0 amide bonds. The Morgan fingerprint density at radius 3 is 2.74 bits per heavy atom. The summed E-state index contributed by atoms with van der Waals surface area (Å²) < 4.78 is 19.3. The number of hydrogen-bond donors (Lipinski definition) is 1. The third kappa shape index (κ3) is 2.92. The van der Waals surface area contributed by atoms with Crippen LogP contribution < -0.4 is 10.5 Å². The van der Waals surface area contributed by atoms with E-state index in [4.69, 9.17) is 10.5 Å².